The molecule has 0 aliphatic carbocycles. The summed E-state index contributed by atoms with van der Waals surface area (Å²) in [4.78, 5) is 29.9. The molecule has 6 heteroatoms. The maximum Gasteiger partial charge on any atom is 0.338 e. The third-order valence-electron chi connectivity index (χ3n) is 6.47. The number of fused-ring (bicyclic) bond motifs is 1. The Labute approximate surface area is 184 Å². The predicted molar refractivity (Wildman–Crippen MR) is 120 cm³/mol. The van der Waals surface area contributed by atoms with E-state index in [4.69, 9.17) is 9.47 Å². The number of hydrogen-bond donors (Lipinski definition) is 0. The van der Waals surface area contributed by atoms with Crippen molar-refractivity contribution in [3.63, 3.8) is 0 Å². The average Bonchev–Trinajstić information content (AvgIpc) is 2.77. The van der Waals surface area contributed by atoms with E-state index >= 15 is 0 Å². The van der Waals surface area contributed by atoms with E-state index in [9.17, 15) is 9.59 Å². The van der Waals surface area contributed by atoms with Crippen molar-refractivity contribution in [1.82, 2.24) is 9.80 Å². The Morgan fingerprint density at radius 1 is 0.968 bits per heavy atom. The number of methoxy groups -OCH3 is 1. The molecule has 0 bridgehead atoms. The summed E-state index contributed by atoms with van der Waals surface area (Å²) in [5.74, 6) is 0.266. The van der Waals surface area contributed by atoms with Crippen molar-refractivity contribution in [2.45, 2.75) is 38.9 Å². The van der Waals surface area contributed by atoms with Crippen molar-refractivity contribution in [2.75, 3.05) is 39.8 Å². The predicted octanol–water partition coefficient (Wildman–Crippen LogP) is 3.59. The number of piperidine rings is 1. The minimum absolute atomic E-state index is 0.0414. The number of amides is 1. The van der Waals surface area contributed by atoms with E-state index < -0.39 is 0 Å². The van der Waals surface area contributed by atoms with Crippen molar-refractivity contribution in [3.8, 4) is 0 Å². The van der Waals surface area contributed by atoms with Crippen molar-refractivity contribution in [1.29, 1.82) is 0 Å². The third kappa shape index (κ3) is 4.75. The Morgan fingerprint density at radius 2 is 1.55 bits per heavy atom. The minimum Gasteiger partial charge on any atom is -0.465 e. The van der Waals surface area contributed by atoms with E-state index in [-0.39, 0.29) is 24.1 Å². The molecule has 2 aliphatic rings. The number of ether oxygens (including phenoxy) is 2. The lowest BCUT2D eigenvalue weighted by Crippen LogP contribution is -2.48. The number of likely N-dealkylation sites (tertiary alicyclic amines) is 1. The quantitative estimate of drug-likeness (QED) is 0.702. The second-order valence-electron chi connectivity index (χ2n) is 8.91. The molecule has 0 spiro atoms. The molecule has 2 aliphatic heterocycles. The van der Waals surface area contributed by atoms with E-state index in [1.807, 2.05) is 35.2 Å². The lowest BCUT2D eigenvalue weighted by atomic mass is 9.94. The third-order valence-corrected chi connectivity index (χ3v) is 6.47. The highest BCUT2D eigenvalue weighted by Gasteiger charge is 2.29. The second-order valence-corrected chi connectivity index (χ2v) is 8.91. The minimum atomic E-state index is -0.386. The number of hydrogen-bond acceptors (Lipinski definition) is 5. The second kappa shape index (κ2) is 9.37. The zero-order chi connectivity index (χ0) is 22.0. The fourth-order valence-corrected chi connectivity index (χ4v) is 5.07. The number of nitrogens with zero attached hydrogens (tertiary/aromatic N) is 2. The van der Waals surface area contributed by atoms with Crippen LogP contribution in [-0.4, -0.2) is 73.7 Å². The molecule has 0 unspecified atom stereocenters. The molecule has 2 heterocycles. The van der Waals surface area contributed by atoms with E-state index in [1.165, 1.54) is 7.11 Å². The maximum absolute atomic E-state index is 13.3. The summed E-state index contributed by atoms with van der Waals surface area (Å²) >= 11 is 0. The number of carbonyl (C=O) groups is 2. The van der Waals surface area contributed by atoms with Gasteiger partial charge in [-0.3, -0.25) is 9.69 Å². The SMILES string of the molecule is COC(=O)c1cccc2c(C(=O)N3CCC(CN4C[C@@H](C)O[C@@H](C)C4)CC3)cccc12. The van der Waals surface area contributed by atoms with Gasteiger partial charge in [-0.2, -0.15) is 0 Å². The van der Waals surface area contributed by atoms with Crippen LogP contribution in [0.4, 0.5) is 0 Å². The van der Waals surface area contributed by atoms with Gasteiger partial charge in [0.05, 0.1) is 24.9 Å². The maximum atomic E-state index is 13.3. The molecule has 2 fully saturated rings. The highest BCUT2D eigenvalue weighted by molar-refractivity contribution is 6.12. The molecule has 0 N–H and O–H groups in total. The Balaban J connectivity index is 1.43. The van der Waals surface area contributed by atoms with E-state index in [0.29, 0.717) is 17.0 Å². The van der Waals surface area contributed by atoms with E-state index in [0.717, 1.165) is 56.3 Å². The summed E-state index contributed by atoms with van der Waals surface area (Å²) in [6.07, 6.45) is 2.60. The molecule has 166 valence electrons. The van der Waals surface area contributed by atoms with Crippen LogP contribution in [0.2, 0.25) is 0 Å². The van der Waals surface area contributed by atoms with Crippen molar-refractivity contribution in [2.24, 2.45) is 5.92 Å². The summed E-state index contributed by atoms with van der Waals surface area (Å²) in [6, 6.07) is 11.0. The fraction of sp³-hybridized carbons (Fsp3) is 0.520. The fourth-order valence-electron chi connectivity index (χ4n) is 5.07. The van der Waals surface area contributed by atoms with Crippen LogP contribution in [0.1, 0.15) is 47.4 Å². The Morgan fingerprint density at radius 3 is 2.16 bits per heavy atom. The summed E-state index contributed by atoms with van der Waals surface area (Å²) < 4.78 is 10.7. The Hall–Kier alpha value is -2.44. The van der Waals surface area contributed by atoms with Gasteiger partial charge in [0.2, 0.25) is 0 Å². The number of benzene rings is 2. The standard InChI is InChI=1S/C25H32N2O4/c1-17-14-26(15-18(2)31-17)16-19-10-12-27(13-11-19)24(28)22-8-4-7-21-20(22)6-5-9-23(21)25(29)30-3/h4-9,17-19H,10-16H2,1-3H3/t17-,18+. The van der Waals surface area contributed by atoms with Gasteiger partial charge in [-0.15, -0.1) is 0 Å². The molecule has 2 aromatic carbocycles. The van der Waals surface area contributed by atoms with Gasteiger partial charge in [-0.05, 0) is 55.5 Å². The molecule has 31 heavy (non-hydrogen) atoms. The molecule has 0 aromatic heterocycles. The van der Waals surface area contributed by atoms with Crippen molar-refractivity contribution < 1.29 is 19.1 Å². The smallest absolute Gasteiger partial charge is 0.338 e. The lowest BCUT2D eigenvalue weighted by Gasteiger charge is -2.39. The normalized spacial score (nSPS) is 23.1. The van der Waals surface area contributed by atoms with Crippen LogP contribution >= 0.6 is 0 Å². The molecule has 6 nitrogen and oxygen atoms in total. The van der Waals surface area contributed by atoms with Crippen molar-refractivity contribution in [3.05, 3.63) is 47.5 Å². The van der Waals surface area contributed by atoms with Gasteiger partial charge in [-0.25, -0.2) is 4.79 Å². The molecule has 1 amide bonds. The van der Waals surface area contributed by atoms with Crippen LogP contribution in [0.3, 0.4) is 0 Å². The highest BCUT2D eigenvalue weighted by Crippen LogP contribution is 2.27. The topological polar surface area (TPSA) is 59.1 Å². The largest absolute Gasteiger partial charge is 0.465 e. The first-order chi connectivity index (χ1) is 15.0. The number of morpholine rings is 1. The van der Waals surface area contributed by atoms with Crippen LogP contribution in [0.15, 0.2) is 36.4 Å². The molecule has 0 saturated carbocycles. The molecule has 2 aromatic rings. The van der Waals surface area contributed by atoms with Gasteiger partial charge in [0, 0.05) is 38.3 Å². The van der Waals surface area contributed by atoms with E-state index in [1.54, 1.807) is 6.07 Å². The van der Waals surface area contributed by atoms with Crippen LogP contribution < -0.4 is 0 Å². The summed E-state index contributed by atoms with van der Waals surface area (Å²) in [5, 5.41) is 1.56. The zero-order valence-electron chi connectivity index (χ0n) is 18.7. The molecule has 4 rings (SSSR count). The van der Waals surface area contributed by atoms with Crippen LogP contribution in [0.5, 0.6) is 0 Å². The molecular formula is C25H32N2O4. The molecular weight excluding hydrogens is 392 g/mol. The first-order valence-corrected chi connectivity index (χ1v) is 11.2. The van der Waals surface area contributed by atoms with Gasteiger partial charge >= 0.3 is 5.97 Å². The molecule has 0 radical (unpaired) electrons. The van der Waals surface area contributed by atoms with Gasteiger partial charge < -0.3 is 14.4 Å². The van der Waals surface area contributed by atoms with Gasteiger partial charge in [0.1, 0.15) is 0 Å². The molecule has 2 saturated heterocycles. The van der Waals surface area contributed by atoms with Crippen LogP contribution in [0, 0.1) is 5.92 Å². The van der Waals surface area contributed by atoms with E-state index in [2.05, 4.69) is 18.7 Å². The van der Waals surface area contributed by atoms with Crippen molar-refractivity contribution >= 4 is 22.6 Å². The summed E-state index contributed by atoms with van der Waals surface area (Å²) in [5.41, 5.74) is 1.14. The molecule has 2 atom stereocenters. The highest BCUT2D eigenvalue weighted by atomic mass is 16.5. The van der Waals surface area contributed by atoms with Crippen LogP contribution in [0.25, 0.3) is 10.8 Å². The number of rotatable bonds is 4. The van der Waals surface area contributed by atoms with Crippen LogP contribution in [-0.2, 0) is 9.47 Å². The first-order valence-electron chi connectivity index (χ1n) is 11.2. The monoisotopic (exact) mass is 424 g/mol. The zero-order valence-corrected chi connectivity index (χ0v) is 18.7. The number of esters is 1. The summed E-state index contributed by atoms with van der Waals surface area (Å²) in [7, 11) is 1.37. The Bertz CT molecular complexity index is 942. The van der Waals surface area contributed by atoms with Gasteiger partial charge in [0.15, 0.2) is 0 Å². The van der Waals surface area contributed by atoms with Gasteiger partial charge in [0.25, 0.3) is 5.91 Å². The Kier molecular flexibility index (Phi) is 6.58. The first kappa shape index (κ1) is 21.8. The summed E-state index contributed by atoms with van der Waals surface area (Å²) in [6.45, 7) is 8.87. The number of carbonyl (C=O) groups excluding carboxylic acids is 2. The lowest BCUT2D eigenvalue weighted by molar-refractivity contribution is -0.0728. The average molecular weight is 425 g/mol. The van der Waals surface area contributed by atoms with Gasteiger partial charge in [-0.1, -0.05) is 24.3 Å².